The lowest BCUT2D eigenvalue weighted by atomic mass is 10.0. The van der Waals surface area contributed by atoms with Gasteiger partial charge in [0, 0.05) is 11.4 Å². The smallest absolute Gasteiger partial charge is 0.271 e. The van der Waals surface area contributed by atoms with Gasteiger partial charge in [-0.05, 0) is 43.5 Å². The number of aryl methyl sites for hydroxylation is 2. The number of amides is 1. The Kier molecular flexibility index (Phi) is 6.03. The molecule has 2 heterocycles. The molecule has 3 N–H and O–H groups in total. The van der Waals surface area contributed by atoms with Gasteiger partial charge < -0.3 is 11.2 Å². The highest BCUT2D eigenvalue weighted by Gasteiger charge is 2.16. The molecule has 0 atom stereocenters. The van der Waals surface area contributed by atoms with Gasteiger partial charge in [-0.3, -0.25) is 4.79 Å². The van der Waals surface area contributed by atoms with Crippen LogP contribution in [0.2, 0.25) is 0 Å². The fourth-order valence-electron chi connectivity index (χ4n) is 3.27. The average Bonchev–Trinajstić information content (AvgIpc) is 3.29. The van der Waals surface area contributed by atoms with Crippen molar-refractivity contribution in [3.8, 4) is 5.95 Å². The van der Waals surface area contributed by atoms with E-state index in [0.29, 0.717) is 11.1 Å². The molecule has 0 fully saturated rings. The number of nitrogens with one attached hydrogen (secondary N) is 1. The molecule has 0 aliphatic carbocycles. The third-order valence-electron chi connectivity index (χ3n) is 4.71. The van der Waals surface area contributed by atoms with Gasteiger partial charge in [0.1, 0.15) is 0 Å². The summed E-state index contributed by atoms with van der Waals surface area (Å²) in [4.78, 5) is 12.6. The molecule has 4 aromatic rings. The van der Waals surface area contributed by atoms with E-state index in [2.05, 4.69) is 32.7 Å². The standard InChI is InChI=1S/C22H23N7OS/c1-15-12-16(2)29(27-15)21-25-26-22(28(21)23)31-14-20(30)24-19-11-7-6-10-18(19)13-17-8-4-3-5-9-17/h3-12H,13-14,23H2,1-2H3,(H,24,30). The van der Waals surface area contributed by atoms with Crippen LogP contribution in [0, 0.1) is 13.8 Å². The van der Waals surface area contributed by atoms with E-state index in [-0.39, 0.29) is 11.7 Å². The highest BCUT2D eigenvalue weighted by Crippen LogP contribution is 2.21. The first kappa shape index (κ1) is 20.7. The molecule has 0 bridgehead atoms. The van der Waals surface area contributed by atoms with Gasteiger partial charge in [-0.1, -0.05) is 60.3 Å². The predicted molar refractivity (Wildman–Crippen MR) is 122 cm³/mol. The van der Waals surface area contributed by atoms with Crippen molar-refractivity contribution in [2.45, 2.75) is 25.4 Å². The van der Waals surface area contributed by atoms with Crippen molar-refractivity contribution in [3.05, 3.63) is 83.2 Å². The molecule has 158 valence electrons. The fraction of sp³-hybridized carbons (Fsp3) is 0.182. The number of nitrogens with two attached hydrogens (primary N) is 1. The van der Waals surface area contributed by atoms with Gasteiger partial charge in [0.2, 0.25) is 11.1 Å². The normalized spacial score (nSPS) is 10.9. The van der Waals surface area contributed by atoms with Crippen LogP contribution in [-0.2, 0) is 11.2 Å². The lowest BCUT2D eigenvalue weighted by Gasteiger charge is -2.11. The van der Waals surface area contributed by atoms with Crippen molar-refractivity contribution in [2.75, 3.05) is 16.9 Å². The zero-order chi connectivity index (χ0) is 21.8. The van der Waals surface area contributed by atoms with E-state index < -0.39 is 0 Å². The minimum Gasteiger partial charge on any atom is -0.334 e. The van der Waals surface area contributed by atoms with Gasteiger partial charge >= 0.3 is 0 Å². The highest BCUT2D eigenvalue weighted by atomic mass is 32.2. The Morgan fingerprint density at radius 3 is 2.55 bits per heavy atom. The maximum Gasteiger partial charge on any atom is 0.271 e. The van der Waals surface area contributed by atoms with Crippen molar-refractivity contribution < 1.29 is 4.79 Å². The minimum absolute atomic E-state index is 0.138. The Hall–Kier alpha value is -3.59. The molecule has 4 rings (SSSR count). The van der Waals surface area contributed by atoms with Gasteiger partial charge in [0.05, 0.1) is 11.4 Å². The molecule has 0 aliphatic heterocycles. The van der Waals surface area contributed by atoms with Gasteiger partial charge in [-0.2, -0.15) is 5.10 Å². The van der Waals surface area contributed by atoms with Crippen LogP contribution in [0.1, 0.15) is 22.5 Å². The third-order valence-corrected chi connectivity index (χ3v) is 5.65. The third kappa shape index (κ3) is 4.77. The summed E-state index contributed by atoms with van der Waals surface area (Å²) < 4.78 is 2.98. The predicted octanol–water partition coefficient (Wildman–Crippen LogP) is 3.12. The summed E-state index contributed by atoms with van der Waals surface area (Å²) in [6, 6.07) is 19.9. The van der Waals surface area contributed by atoms with Gasteiger partial charge in [-0.25, -0.2) is 9.36 Å². The number of nitrogens with zero attached hydrogens (tertiary/aromatic N) is 5. The molecule has 0 spiro atoms. The number of nitrogen functional groups attached to an aromatic ring is 1. The number of carbonyl (C=O) groups excluding carboxylic acids is 1. The van der Waals surface area contributed by atoms with Crippen molar-refractivity contribution in [2.24, 2.45) is 0 Å². The second-order valence-electron chi connectivity index (χ2n) is 7.15. The zero-order valence-corrected chi connectivity index (χ0v) is 18.1. The molecule has 0 unspecified atom stereocenters. The van der Waals surface area contributed by atoms with E-state index in [4.69, 9.17) is 5.84 Å². The first-order chi connectivity index (χ1) is 15.0. The lowest BCUT2D eigenvalue weighted by molar-refractivity contribution is -0.113. The van der Waals surface area contributed by atoms with Crippen LogP contribution in [-0.4, -0.2) is 36.3 Å². The Morgan fingerprint density at radius 1 is 1.06 bits per heavy atom. The second-order valence-corrected chi connectivity index (χ2v) is 8.09. The summed E-state index contributed by atoms with van der Waals surface area (Å²) >= 11 is 1.22. The molecule has 9 heteroatoms. The molecule has 0 saturated carbocycles. The van der Waals surface area contributed by atoms with Gasteiger partial charge in [-0.15, -0.1) is 10.2 Å². The van der Waals surface area contributed by atoms with Crippen LogP contribution < -0.4 is 11.2 Å². The molecular weight excluding hydrogens is 410 g/mol. The molecule has 0 saturated heterocycles. The van der Waals surface area contributed by atoms with E-state index in [9.17, 15) is 4.79 Å². The average molecular weight is 434 g/mol. The van der Waals surface area contributed by atoms with E-state index >= 15 is 0 Å². The van der Waals surface area contributed by atoms with Crippen molar-refractivity contribution in [3.63, 3.8) is 0 Å². The summed E-state index contributed by atoms with van der Waals surface area (Å²) in [5, 5.41) is 16.0. The molecule has 2 aromatic heterocycles. The number of aromatic nitrogens is 5. The quantitative estimate of drug-likeness (QED) is 0.343. The number of hydrogen-bond donors (Lipinski definition) is 2. The van der Waals surface area contributed by atoms with Crippen molar-refractivity contribution >= 4 is 23.4 Å². The van der Waals surface area contributed by atoms with Crippen LogP contribution in [0.3, 0.4) is 0 Å². The van der Waals surface area contributed by atoms with E-state index in [1.807, 2.05) is 62.4 Å². The van der Waals surface area contributed by atoms with Crippen LogP contribution in [0.25, 0.3) is 5.95 Å². The van der Waals surface area contributed by atoms with Crippen molar-refractivity contribution in [1.82, 2.24) is 24.7 Å². The number of anilines is 1. The Labute approximate surface area is 184 Å². The maximum absolute atomic E-state index is 12.6. The van der Waals surface area contributed by atoms with Gasteiger partial charge in [0.25, 0.3) is 5.95 Å². The van der Waals surface area contributed by atoms with Crippen molar-refractivity contribution in [1.29, 1.82) is 0 Å². The van der Waals surface area contributed by atoms with Crippen LogP contribution in [0.4, 0.5) is 5.69 Å². The Morgan fingerprint density at radius 2 is 1.81 bits per heavy atom. The monoisotopic (exact) mass is 433 g/mol. The van der Waals surface area contributed by atoms with E-state index in [0.717, 1.165) is 29.1 Å². The number of para-hydroxylation sites is 1. The fourth-order valence-corrected chi connectivity index (χ4v) is 3.92. The summed E-state index contributed by atoms with van der Waals surface area (Å²) in [6.45, 7) is 3.82. The van der Waals surface area contributed by atoms with E-state index in [1.54, 1.807) is 4.68 Å². The number of benzene rings is 2. The highest BCUT2D eigenvalue weighted by molar-refractivity contribution is 7.99. The molecular formula is C22H23N7OS. The molecule has 0 radical (unpaired) electrons. The van der Waals surface area contributed by atoms with Gasteiger partial charge in [0.15, 0.2) is 0 Å². The van der Waals surface area contributed by atoms with Crippen LogP contribution in [0.5, 0.6) is 0 Å². The van der Waals surface area contributed by atoms with Crippen LogP contribution in [0.15, 0.2) is 65.8 Å². The summed E-state index contributed by atoms with van der Waals surface area (Å²) in [5.41, 5.74) is 4.81. The summed E-state index contributed by atoms with van der Waals surface area (Å²) in [7, 11) is 0. The maximum atomic E-state index is 12.6. The van der Waals surface area contributed by atoms with E-state index in [1.165, 1.54) is 22.0 Å². The lowest BCUT2D eigenvalue weighted by Crippen LogP contribution is -2.19. The first-order valence-corrected chi connectivity index (χ1v) is 10.8. The Balaban J connectivity index is 1.41. The first-order valence-electron chi connectivity index (χ1n) is 9.80. The molecule has 8 nitrogen and oxygen atoms in total. The topological polar surface area (TPSA) is 104 Å². The minimum atomic E-state index is -0.138. The summed E-state index contributed by atoms with van der Waals surface area (Å²) in [5.74, 6) is 6.57. The van der Waals surface area contributed by atoms with Crippen LogP contribution >= 0.6 is 11.8 Å². The number of rotatable bonds is 7. The Bertz CT molecular complexity index is 1200. The molecule has 0 aliphatic rings. The molecule has 2 aromatic carbocycles. The zero-order valence-electron chi connectivity index (χ0n) is 17.3. The number of thioether (sulfide) groups is 1. The summed E-state index contributed by atoms with van der Waals surface area (Å²) in [6.07, 6.45) is 0.744. The molecule has 31 heavy (non-hydrogen) atoms. The number of hydrogen-bond acceptors (Lipinski definition) is 6. The number of carbonyl (C=O) groups is 1. The largest absolute Gasteiger partial charge is 0.334 e. The molecule has 1 amide bonds. The SMILES string of the molecule is Cc1cc(C)n(-c2nnc(SCC(=O)Nc3ccccc3Cc3ccccc3)n2N)n1. The second kappa shape index (κ2) is 9.05.